The molecular weight excluding hydrogens is 332 g/mol. The normalized spacial score (nSPS) is 27.7. The van der Waals surface area contributed by atoms with E-state index in [2.05, 4.69) is 20.6 Å². The van der Waals surface area contributed by atoms with E-state index < -0.39 is 0 Å². The third-order valence-electron chi connectivity index (χ3n) is 4.64. The van der Waals surface area contributed by atoms with E-state index in [1.165, 1.54) is 6.42 Å². The summed E-state index contributed by atoms with van der Waals surface area (Å²) in [6.07, 6.45) is 4.49. The van der Waals surface area contributed by atoms with Gasteiger partial charge in [0.1, 0.15) is 0 Å². The molecule has 3 unspecified atom stereocenters. The summed E-state index contributed by atoms with van der Waals surface area (Å²) in [5, 5.41) is 8.23. The number of halogens is 1. The molecule has 0 radical (unpaired) electrons. The van der Waals surface area contributed by atoms with Gasteiger partial charge >= 0.3 is 0 Å². The molecule has 1 saturated heterocycles. The van der Waals surface area contributed by atoms with Crippen molar-refractivity contribution in [3.63, 3.8) is 0 Å². The number of nitrogens with zero attached hydrogens (tertiary/aromatic N) is 1. The summed E-state index contributed by atoms with van der Waals surface area (Å²) in [5.41, 5.74) is 1.85. The average Bonchev–Trinajstić information content (AvgIpc) is 2.95. The standard InChI is InChI=1S/C16H19ClN4OS/c17-9-5-6-12-13(7-9)20-16(19-12)23-8-14-18-11-4-2-1-3-10(11)15(22)21-14/h5-7,10-11,14,18H,1-4,8H2,(H,19,20)(H,21,22). The van der Waals surface area contributed by atoms with Crippen LogP contribution in [0.3, 0.4) is 0 Å². The molecule has 5 nitrogen and oxygen atoms in total. The molecule has 1 aliphatic heterocycles. The van der Waals surface area contributed by atoms with Crippen LogP contribution in [0.25, 0.3) is 11.0 Å². The lowest BCUT2D eigenvalue weighted by Crippen LogP contribution is -2.62. The Morgan fingerprint density at radius 2 is 2.17 bits per heavy atom. The minimum absolute atomic E-state index is 0.00338. The Morgan fingerprint density at radius 3 is 3.09 bits per heavy atom. The maximum atomic E-state index is 12.2. The second kappa shape index (κ2) is 6.34. The van der Waals surface area contributed by atoms with Gasteiger partial charge in [0.05, 0.1) is 23.1 Å². The van der Waals surface area contributed by atoms with Gasteiger partial charge in [-0.3, -0.25) is 10.1 Å². The second-order valence-corrected chi connectivity index (χ2v) is 7.68. The Bertz CT molecular complexity index is 734. The van der Waals surface area contributed by atoms with E-state index in [1.807, 2.05) is 18.2 Å². The molecule has 4 rings (SSSR count). The van der Waals surface area contributed by atoms with Crippen molar-refractivity contribution in [3.8, 4) is 0 Å². The molecule has 1 amide bonds. The first kappa shape index (κ1) is 15.3. The lowest BCUT2D eigenvalue weighted by molar-refractivity contribution is -0.130. The number of carbonyl (C=O) groups is 1. The molecule has 0 bridgehead atoms. The van der Waals surface area contributed by atoms with Crippen molar-refractivity contribution in [1.82, 2.24) is 20.6 Å². The number of nitrogens with one attached hydrogen (secondary N) is 3. The number of H-pyrrole nitrogens is 1. The van der Waals surface area contributed by atoms with Gasteiger partial charge in [0.15, 0.2) is 5.16 Å². The Hall–Kier alpha value is -1.24. The van der Waals surface area contributed by atoms with Crippen molar-refractivity contribution < 1.29 is 4.79 Å². The third kappa shape index (κ3) is 3.20. The maximum absolute atomic E-state index is 12.2. The molecule has 23 heavy (non-hydrogen) atoms. The number of hydrogen-bond donors (Lipinski definition) is 3. The van der Waals surface area contributed by atoms with E-state index in [9.17, 15) is 4.79 Å². The Kier molecular flexibility index (Phi) is 4.22. The van der Waals surface area contributed by atoms with Gasteiger partial charge in [-0.05, 0) is 31.0 Å². The SMILES string of the molecule is O=C1NC(CSc2nc3ccc(Cl)cc3[nH]2)NC2CCCCC12. The summed E-state index contributed by atoms with van der Waals surface area (Å²) in [4.78, 5) is 20.0. The van der Waals surface area contributed by atoms with Crippen molar-refractivity contribution in [1.29, 1.82) is 0 Å². The maximum Gasteiger partial charge on any atom is 0.225 e. The van der Waals surface area contributed by atoms with Crippen molar-refractivity contribution in [2.24, 2.45) is 5.92 Å². The van der Waals surface area contributed by atoms with E-state index in [4.69, 9.17) is 11.6 Å². The summed E-state index contributed by atoms with van der Waals surface area (Å²) in [6.45, 7) is 0. The van der Waals surface area contributed by atoms with Crippen LogP contribution < -0.4 is 10.6 Å². The largest absolute Gasteiger partial charge is 0.340 e. The van der Waals surface area contributed by atoms with E-state index in [-0.39, 0.29) is 18.0 Å². The number of thioether (sulfide) groups is 1. The average molecular weight is 351 g/mol. The molecule has 1 aliphatic carbocycles. The highest BCUT2D eigenvalue weighted by Gasteiger charge is 2.37. The number of amides is 1. The molecule has 0 spiro atoms. The summed E-state index contributed by atoms with van der Waals surface area (Å²) in [5.74, 6) is 1.11. The number of hydrogen-bond acceptors (Lipinski definition) is 4. The lowest BCUT2D eigenvalue weighted by Gasteiger charge is -2.39. The van der Waals surface area contributed by atoms with Crippen LogP contribution >= 0.6 is 23.4 Å². The van der Waals surface area contributed by atoms with E-state index in [0.29, 0.717) is 11.1 Å². The van der Waals surface area contributed by atoms with Gasteiger partial charge in [0.2, 0.25) is 5.91 Å². The van der Waals surface area contributed by atoms with Crippen LogP contribution in [-0.4, -0.2) is 33.8 Å². The van der Waals surface area contributed by atoms with Crippen molar-refractivity contribution in [2.45, 2.75) is 43.0 Å². The molecule has 3 atom stereocenters. The van der Waals surface area contributed by atoms with Gasteiger partial charge < -0.3 is 10.3 Å². The summed E-state index contributed by atoms with van der Waals surface area (Å²) < 4.78 is 0. The Labute approximate surface area is 144 Å². The van der Waals surface area contributed by atoms with Crippen molar-refractivity contribution >= 4 is 40.3 Å². The smallest absolute Gasteiger partial charge is 0.225 e. The van der Waals surface area contributed by atoms with Crippen LogP contribution in [-0.2, 0) is 4.79 Å². The monoisotopic (exact) mass is 350 g/mol. The first-order valence-corrected chi connectivity index (χ1v) is 9.40. The predicted molar refractivity (Wildman–Crippen MR) is 92.6 cm³/mol. The van der Waals surface area contributed by atoms with Crippen molar-refractivity contribution in [2.75, 3.05) is 5.75 Å². The zero-order valence-electron chi connectivity index (χ0n) is 12.6. The molecule has 122 valence electrons. The highest BCUT2D eigenvalue weighted by Crippen LogP contribution is 2.28. The minimum atomic E-state index is 0.00338. The lowest BCUT2D eigenvalue weighted by atomic mass is 9.82. The molecule has 1 aromatic carbocycles. The van der Waals surface area contributed by atoms with Crippen LogP contribution in [0, 0.1) is 5.92 Å². The van der Waals surface area contributed by atoms with Crippen LogP contribution in [0.5, 0.6) is 0 Å². The molecule has 3 N–H and O–H groups in total. The van der Waals surface area contributed by atoms with E-state index in [1.54, 1.807) is 11.8 Å². The molecule has 1 aromatic heterocycles. The van der Waals surface area contributed by atoms with Gasteiger partial charge in [-0.2, -0.15) is 0 Å². The summed E-state index contributed by atoms with van der Waals surface area (Å²) in [7, 11) is 0. The number of imidazole rings is 1. The van der Waals surface area contributed by atoms with Crippen LogP contribution in [0.4, 0.5) is 0 Å². The zero-order chi connectivity index (χ0) is 15.8. The van der Waals surface area contributed by atoms with Crippen LogP contribution in [0.1, 0.15) is 25.7 Å². The zero-order valence-corrected chi connectivity index (χ0v) is 14.2. The highest BCUT2D eigenvalue weighted by atomic mass is 35.5. The quantitative estimate of drug-likeness (QED) is 0.744. The highest BCUT2D eigenvalue weighted by molar-refractivity contribution is 7.99. The fourth-order valence-corrected chi connectivity index (χ4v) is 4.52. The van der Waals surface area contributed by atoms with E-state index in [0.717, 1.165) is 41.2 Å². The molecule has 2 aliphatic rings. The van der Waals surface area contributed by atoms with E-state index >= 15 is 0 Å². The molecule has 7 heteroatoms. The summed E-state index contributed by atoms with van der Waals surface area (Å²) in [6, 6.07) is 5.95. The fourth-order valence-electron chi connectivity index (χ4n) is 3.50. The van der Waals surface area contributed by atoms with Crippen molar-refractivity contribution in [3.05, 3.63) is 23.2 Å². The van der Waals surface area contributed by atoms with Gasteiger partial charge in [-0.25, -0.2) is 4.98 Å². The fraction of sp³-hybridized carbons (Fsp3) is 0.500. The second-order valence-electron chi connectivity index (χ2n) is 6.24. The molecule has 2 aromatic rings. The van der Waals surface area contributed by atoms with Crippen LogP contribution in [0.15, 0.2) is 23.4 Å². The topological polar surface area (TPSA) is 69.8 Å². The van der Waals surface area contributed by atoms with Crippen LogP contribution in [0.2, 0.25) is 5.02 Å². The number of rotatable bonds is 3. The van der Waals surface area contributed by atoms with Gasteiger partial charge in [-0.1, -0.05) is 36.2 Å². The molecule has 2 fully saturated rings. The van der Waals surface area contributed by atoms with Gasteiger partial charge in [0, 0.05) is 16.8 Å². The predicted octanol–water partition coefficient (Wildman–Crippen LogP) is 2.91. The van der Waals surface area contributed by atoms with Gasteiger partial charge in [0.25, 0.3) is 0 Å². The molecule has 2 heterocycles. The van der Waals surface area contributed by atoms with Gasteiger partial charge in [-0.15, -0.1) is 0 Å². The third-order valence-corrected chi connectivity index (χ3v) is 5.85. The number of aromatic amines is 1. The number of aromatic nitrogens is 2. The minimum Gasteiger partial charge on any atom is -0.340 e. The number of fused-ring (bicyclic) bond motifs is 2. The molecular formula is C16H19ClN4OS. The first-order chi connectivity index (χ1) is 11.2. The summed E-state index contributed by atoms with van der Waals surface area (Å²) >= 11 is 7.61. The number of carbonyl (C=O) groups excluding carboxylic acids is 1. The Balaban J connectivity index is 1.41. The first-order valence-electron chi connectivity index (χ1n) is 8.03. The molecule has 1 saturated carbocycles. The number of benzene rings is 1. The Morgan fingerprint density at radius 1 is 1.30 bits per heavy atom.